The Kier molecular flexibility index (Phi) is 6.94. The summed E-state index contributed by atoms with van der Waals surface area (Å²) in [6, 6.07) is 8.23. The SMILES string of the molecule is CC(C)c1nc2ccccc2n1CCCC(=O)N(C)[C@@H]1CC[C@@H](N2CCOCC2)[C@@H]1O. The van der Waals surface area contributed by atoms with Crippen molar-refractivity contribution in [3.05, 3.63) is 30.1 Å². The summed E-state index contributed by atoms with van der Waals surface area (Å²) >= 11 is 0. The molecule has 1 aromatic heterocycles. The van der Waals surface area contributed by atoms with Crippen molar-refractivity contribution in [2.75, 3.05) is 33.4 Å². The van der Waals surface area contributed by atoms with Gasteiger partial charge in [0.1, 0.15) is 5.82 Å². The van der Waals surface area contributed by atoms with Gasteiger partial charge in [-0.05, 0) is 31.4 Å². The summed E-state index contributed by atoms with van der Waals surface area (Å²) in [7, 11) is 1.85. The van der Waals surface area contributed by atoms with Crippen molar-refractivity contribution in [1.82, 2.24) is 19.4 Å². The summed E-state index contributed by atoms with van der Waals surface area (Å²) in [6.45, 7) is 8.27. The molecule has 170 valence electrons. The zero-order valence-electron chi connectivity index (χ0n) is 19.0. The molecule has 1 aliphatic heterocycles. The van der Waals surface area contributed by atoms with Crippen LogP contribution in [0.2, 0.25) is 0 Å². The highest BCUT2D eigenvalue weighted by Crippen LogP contribution is 2.29. The molecule has 1 saturated heterocycles. The van der Waals surface area contributed by atoms with Crippen molar-refractivity contribution in [1.29, 1.82) is 0 Å². The number of hydrogen-bond donors (Lipinski definition) is 1. The second-order valence-electron chi connectivity index (χ2n) is 9.22. The molecule has 1 aromatic carbocycles. The molecule has 2 aliphatic rings. The average Bonchev–Trinajstić information content (AvgIpc) is 3.34. The molecule has 1 saturated carbocycles. The predicted molar refractivity (Wildman–Crippen MR) is 121 cm³/mol. The topological polar surface area (TPSA) is 70.8 Å². The Morgan fingerprint density at radius 1 is 1.26 bits per heavy atom. The van der Waals surface area contributed by atoms with E-state index < -0.39 is 6.10 Å². The van der Waals surface area contributed by atoms with E-state index in [1.54, 1.807) is 4.90 Å². The number of para-hydroxylation sites is 2. The average molecular weight is 429 g/mol. The number of aryl methyl sites for hydroxylation is 1. The smallest absolute Gasteiger partial charge is 0.222 e. The monoisotopic (exact) mass is 428 g/mol. The van der Waals surface area contributed by atoms with Gasteiger partial charge in [-0.15, -0.1) is 0 Å². The maximum atomic E-state index is 12.9. The molecule has 2 heterocycles. The van der Waals surface area contributed by atoms with Gasteiger partial charge in [0.25, 0.3) is 0 Å². The fourth-order valence-corrected chi connectivity index (χ4v) is 5.19. The molecule has 7 nitrogen and oxygen atoms in total. The normalized spacial score (nSPS) is 24.9. The maximum absolute atomic E-state index is 12.9. The van der Waals surface area contributed by atoms with Crippen LogP contribution in [0.5, 0.6) is 0 Å². The van der Waals surface area contributed by atoms with Gasteiger partial charge in [0.2, 0.25) is 5.91 Å². The van der Waals surface area contributed by atoms with Crippen LogP contribution in [0.15, 0.2) is 24.3 Å². The number of imidazole rings is 1. The molecule has 0 unspecified atom stereocenters. The summed E-state index contributed by atoms with van der Waals surface area (Å²) in [4.78, 5) is 21.8. The van der Waals surface area contributed by atoms with Crippen molar-refractivity contribution in [2.24, 2.45) is 0 Å². The quantitative estimate of drug-likeness (QED) is 0.734. The molecule has 0 bridgehead atoms. The minimum atomic E-state index is -0.489. The van der Waals surface area contributed by atoms with Crippen LogP contribution in [-0.2, 0) is 16.1 Å². The zero-order chi connectivity index (χ0) is 22.0. The molecule has 4 rings (SSSR count). The number of aliphatic hydroxyl groups is 1. The van der Waals surface area contributed by atoms with Crippen LogP contribution in [0, 0.1) is 0 Å². The van der Waals surface area contributed by atoms with Crippen LogP contribution in [0.25, 0.3) is 11.0 Å². The van der Waals surface area contributed by atoms with Crippen LogP contribution < -0.4 is 0 Å². The molecule has 3 atom stereocenters. The van der Waals surface area contributed by atoms with E-state index in [9.17, 15) is 9.90 Å². The molecular formula is C24H36N4O3. The largest absolute Gasteiger partial charge is 0.389 e. The number of fused-ring (bicyclic) bond motifs is 1. The number of rotatable bonds is 7. The van der Waals surface area contributed by atoms with Crippen LogP contribution >= 0.6 is 0 Å². The minimum Gasteiger partial charge on any atom is -0.389 e. The number of nitrogens with zero attached hydrogens (tertiary/aromatic N) is 4. The van der Waals surface area contributed by atoms with E-state index >= 15 is 0 Å². The van der Waals surface area contributed by atoms with Gasteiger partial charge in [-0.25, -0.2) is 4.98 Å². The number of likely N-dealkylation sites (N-methyl/N-ethyl adjacent to an activating group) is 1. The van der Waals surface area contributed by atoms with E-state index in [1.807, 2.05) is 25.2 Å². The summed E-state index contributed by atoms with van der Waals surface area (Å²) < 4.78 is 7.69. The Bertz CT molecular complexity index is 890. The second-order valence-corrected chi connectivity index (χ2v) is 9.22. The molecular weight excluding hydrogens is 392 g/mol. The summed E-state index contributed by atoms with van der Waals surface area (Å²) in [6.07, 6.45) is 2.54. The number of hydrogen-bond acceptors (Lipinski definition) is 5. The highest BCUT2D eigenvalue weighted by atomic mass is 16.5. The van der Waals surface area contributed by atoms with Crippen LogP contribution in [-0.4, -0.2) is 81.9 Å². The van der Waals surface area contributed by atoms with Gasteiger partial charge in [-0.1, -0.05) is 26.0 Å². The number of aromatic nitrogens is 2. The van der Waals surface area contributed by atoms with E-state index in [0.29, 0.717) is 12.3 Å². The summed E-state index contributed by atoms with van der Waals surface area (Å²) in [5.41, 5.74) is 2.14. The Hall–Kier alpha value is -1.96. The van der Waals surface area contributed by atoms with Crippen molar-refractivity contribution in [2.45, 2.75) is 70.2 Å². The van der Waals surface area contributed by atoms with E-state index in [2.05, 4.69) is 29.4 Å². The molecule has 2 fully saturated rings. The number of carbonyl (C=O) groups is 1. The first-order valence-corrected chi connectivity index (χ1v) is 11.7. The lowest BCUT2D eigenvalue weighted by Gasteiger charge is -2.36. The van der Waals surface area contributed by atoms with Gasteiger partial charge < -0.3 is 19.3 Å². The fourth-order valence-electron chi connectivity index (χ4n) is 5.19. The summed E-state index contributed by atoms with van der Waals surface area (Å²) in [5, 5.41) is 10.9. The van der Waals surface area contributed by atoms with Crippen LogP contribution in [0.4, 0.5) is 0 Å². The van der Waals surface area contributed by atoms with Gasteiger partial charge in [-0.2, -0.15) is 0 Å². The number of ether oxygens (including phenoxy) is 1. The van der Waals surface area contributed by atoms with E-state index in [4.69, 9.17) is 9.72 Å². The Morgan fingerprint density at radius 3 is 2.74 bits per heavy atom. The zero-order valence-corrected chi connectivity index (χ0v) is 19.0. The van der Waals surface area contributed by atoms with Crippen molar-refractivity contribution in [3.63, 3.8) is 0 Å². The van der Waals surface area contributed by atoms with Gasteiger partial charge in [0, 0.05) is 45.1 Å². The first kappa shape index (κ1) is 22.2. The highest BCUT2D eigenvalue weighted by Gasteiger charge is 2.41. The fraction of sp³-hybridized carbons (Fsp3) is 0.667. The standard InChI is InChI=1S/C24H36N4O3/c1-17(2)24-25-18-7-4-5-8-19(18)28(24)12-6-9-22(29)26(3)20-10-11-21(23(20)30)27-13-15-31-16-14-27/h4-5,7-8,17,20-21,23,30H,6,9-16H2,1-3H3/t20-,21-,23-/m1/s1. The Balaban J connectivity index is 1.34. The number of benzene rings is 1. The third-order valence-corrected chi connectivity index (χ3v) is 6.93. The molecule has 31 heavy (non-hydrogen) atoms. The molecule has 7 heteroatoms. The predicted octanol–water partition coefficient (Wildman–Crippen LogP) is 2.62. The Labute approximate surface area is 185 Å². The van der Waals surface area contributed by atoms with Crippen molar-refractivity contribution < 1.29 is 14.6 Å². The first-order valence-electron chi connectivity index (χ1n) is 11.7. The van der Waals surface area contributed by atoms with Gasteiger partial charge >= 0.3 is 0 Å². The van der Waals surface area contributed by atoms with Crippen molar-refractivity contribution in [3.8, 4) is 0 Å². The van der Waals surface area contributed by atoms with Gasteiger partial charge in [0.05, 0.1) is 36.4 Å². The van der Waals surface area contributed by atoms with Gasteiger partial charge in [0.15, 0.2) is 0 Å². The Morgan fingerprint density at radius 2 is 2.00 bits per heavy atom. The summed E-state index contributed by atoms with van der Waals surface area (Å²) in [5.74, 6) is 1.51. The lowest BCUT2D eigenvalue weighted by molar-refractivity contribution is -0.134. The number of morpholine rings is 1. The van der Waals surface area contributed by atoms with E-state index in [0.717, 1.165) is 69.0 Å². The second kappa shape index (κ2) is 9.67. The number of aliphatic hydroxyl groups excluding tert-OH is 1. The maximum Gasteiger partial charge on any atom is 0.222 e. The molecule has 1 aliphatic carbocycles. The molecule has 1 amide bonds. The lowest BCUT2D eigenvalue weighted by Crippen LogP contribution is -2.51. The third-order valence-electron chi connectivity index (χ3n) is 6.93. The highest BCUT2D eigenvalue weighted by molar-refractivity contribution is 5.77. The first-order chi connectivity index (χ1) is 15.0. The van der Waals surface area contributed by atoms with E-state index in [-0.39, 0.29) is 18.0 Å². The van der Waals surface area contributed by atoms with Crippen molar-refractivity contribution >= 4 is 16.9 Å². The molecule has 1 N–H and O–H groups in total. The minimum absolute atomic E-state index is 0.0966. The molecule has 2 aromatic rings. The molecule has 0 spiro atoms. The molecule has 0 radical (unpaired) electrons. The lowest BCUT2D eigenvalue weighted by atomic mass is 10.1. The van der Waals surface area contributed by atoms with Gasteiger partial charge in [-0.3, -0.25) is 9.69 Å². The van der Waals surface area contributed by atoms with E-state index in [1.165, 1.54) is 0 Å². The third kappa shape index (κ3) is 4.64. The van der Waals surface area contributed by atoms with Crippen LogP contribution in [0.3, 0.4) is 0 Å². The van der Waals surface area contributed by atoms with Crippen LogP contribution in [0.1, 0.15) is 51.3 Å². The number of amides is 1. The number of carbonyl (C=O) groups excluding carboxylic acids is 1.